The third-order valence-corrected chi connectivity index (χ3v) is 0. The molecule has 0 heterocycles. The number of aliphatic carboxylic acids is 2. The van der Waals surface area contributed by atoms with Crippen molar-refractivity contribution < 1.29 is 47.2 Å². The second-order valence-electron chi connectivity index (χ2n) is 1.24. The number of hydrogen-bond donors (Lipinski definition) is 2. The number of rotatable bonds is 0. The third kappa shape index (κ3) is 3470. The van der Waals surface area contributed by atoms with E-state index in [4.69, 9.17) is 28.1 Å². The molecule has 83 valence electrons. The number of carbonyl (C=O) groups excluding carboxylic acids is 1. The molecule has 0 fully saturated rings. The molecule has 0 saturated carbocycles. The quantitative estimate of drug-likeness (QED) is 0.471. The maximum absolute atomic E-state index is 9.00. The Bertz CT molecular complexity index is 120. The van der Waals surface area contributed by atoms with E-state index in [0.717, 1.165) is 13.8 Å². The van der Waals surface area contributed by atoms with Gasteiger partial charge in [-0.1, -0.05) is 0 Å². The van der Waals surface area contributed by atoms with Gasteiger partial charge in [-0.2, -0.15) is 6.92 Å². The molecule has 2 N–H and O–H groups in total. The second-order valence-corrected chi connectivity index (χ2v) is 1.24. The van der Waals surface area contributed by atoms with Crippen molar-refractivity contribution in [3.05, 3.63) is 0 Å². The summed E-state index contributed by atoms with van der Waals surface area (Å²) in [5, 5.41) is 14.8. The number of hydrogen-bond acceptors (Lipinski definition) is 4. The third-order valence-electron chi connectivity index (χ3n) is 0. The average Bonchev–Trinajstić information content (AvgIpc) is 1.89. The van der Waals surface area contributed by atoms with Crippen molar-refractivity contribution in [1.82, 2.24) is 0 Å². The first-order chi connectivity index (χ1) is 5.88. The summed E-state index contributed by atoms with van der Waals surface area (Å²) in [7, 11) is 0. The summed E-state index contributed by atoms with van der Waals surface area (Å²) in [5.41, 5.74) is 0. The summed E-state index contributed by atoms with van der Waals surface area (Å²) in [6.45, 7) is 3.49. The molecule has 0 aromatic rings. The van der Waals surface area contributed by atoms with E-state index >= 15 is 0 Å². The van der Waals surface area contributed by atoms with Crippen molar-refractivity contribution in [2.24, 2.45) is 0 Å². The molecule has 1 radical (unpaired) electrons. The van der Waals surface area contributed by atoms with Crippen LogP contribution in [0.15, 0.2) is 0 Å². The Morgan fingerprint density at radius 3 is 1.07 bits per heavy atom. The zero-order valence-electron chi connectivity index (χ0n) is 8.34. The summed E-state index contributed by atoms with van der Waals surface area (Å²) in [6, 6.07) is 0. The van der Waals surface area contributed by atoms with Crippen LogP contribution in [-0.2, 0) is 37.0 Å². The first-order valence-electron chi connectivity index (χ1n) is 2.69. The van der Waals surface area contributed by atoms with Crippen molar-refractivity contribution in [3.63, 3.8) is 0 Å². The van der Waals surface area contributed by atoms with Crippen LogP contribution in [0.2, 0.25) is 0 Å². The Hall–Kier alpha value is 0.709. The van der Waals surface area contributed by atoms with Gasteiger partial charge in [0.25, 0.3) is 11.9 Å². The molecule has 0 bridgehead atoms. The Labute approximate surface area is 136 Å². The van der Waals surface area contributed by atoms with Crippen LogP contribution in [0, 0.1) is 0 Å². The van der Waals surface area contributed by atoms with Gasteiger partial charge in [0.2, 0.25) is 0 Å². The van der Waals surface area contributed by atoms with Gasteiger partial charge in [0, 0.05) is 65.2 Å². The van der Waals surface area contributed by atoms with E-state index in [-0.39, 0.29) is 51.4 Å². The Morgan fingerprint density at radius 1 is 1.07 bits per heavy atom. The van der Waals surface area contributed by atoms with E-state index in [0.29, 0.717) is 0 Å². The van der Waals surface area contributed by atoms with Crippen LogP contribution in [0.25, 0.3) is 0 Å². The van der Waals surface area contributed by atoms with Gasteiger partial charge in [0.05, 0.1) is 0 Å². The first kappa shape index (κ1) is 29.3. The van der Waals surface area contributed by atoms with E-state index in [1.54, 1.807) is 0 Å². The zero-order chi connectivity index (χ0) is 11.9. The Balaban J connectivity index is -0.0000000260. The molecule has 0 saturated heterocycles. The molecule has 0 atom stereocenters. The van der Waals surface area contributed by atoms with Crippen LogP contribution in [0.5, 0.6) is 0 Å². The van der Waals surface area contributed by atoms with Crippen molar-refractivity contribution in [2.75, 3.05) is 0 Å². The minimum atomic E-state index is -0.833. The van der Waals surface area contributed by atoms with Crippen molar-refractivity contribution in [3.8, 4) is 0 Å². The topological polar surface area (TPSA) is 109 Å². The summed E-state index contributed by atoms with van der Waals surface area (Å²) in [6.07, 6.45) is 1.50. The molecule has 0 unspecified atom stereocenters. The molecule has 8 heteroatoms. The van der Waals surface area contributed by atoms with Crippen LogP contribution in [0.1, 0.15) is 20.8 Å². The van der Waals surface area contributed by atoms with E-state index in [9.17, 15) is 0 Å². The van der Waals surface area contributed by atoms with Crippen LogP contribution in [0.3, 0.4) is 0 Å². The van der Waals surface area contributed by atoms with Gasteiger partial charge >= 0.3 is 22.6 Å². The zero-order valence-corrected chi connectivity index (χ0v) is 13.0. The van der Waals surface area contributed by atoms with Gasteiger partial charge in [-0.15, -0.1) is 0 Å². The molecule has 14 heavy (non-hydrogen) atoms. The van der Waals surface area contributed by atoms with Crippen molar-refractivity contribution in [1.29, 1.82) is 0 Å². The molecule has 0 spiro atoms. The fourth-order valence-electron chi connectivity index (χ4n) is 0. The fraction of sp³-hybridized carbons (Fsp3) is 0.500. The molecular formula is C6H11KO6Pd-. The standard InChI is InChI=1S/2C2H4O2.C2H3O.K.O.Pd/c2*1-2(3)4;1-2-3;;;/h2*1H3,(H,3,4);1H3;;;/q;;-1;;;. The van der Waals surface area contributed by atoms with Gasteiger partial charge in [-0.3, -0.25) is 15.9 Å². The maximum atomic E-state index is 9.00. The summed E-state index contributed by atoms with van der Waals surface area (Å²) < 4.78 is 8.10. The van der Waals surface area contributed by atoms with Gasteiger partial charge in [-0.25, -0.2) is 0 Å². The minimum absolute atomic E-state index is 0. The molecule has 0 rings (SSSR count). The van der Waals surface area contributed by atoms with E-state index in [1.165, 1.54) is 32.4 Å². The number of carboxylic acids is 2. The van der Waals surface area contributed by atoms with E-state index in [1.807, 2.05) is 0 Å². The average molecular weight is 325 g/mol. The van der Waals surface area contributed by atoms with Crippen LogP contribution >= 0.6 is 0 Å². The second kappa shape index (κ2) is 37.3. The molecule has 0 aromatic heterocycles. The molecule has 0 aliphatic heterocycles. The normalized spacial score (nSPS) is 4.93. The van der Waals surface area contributed by atoms with Crippen LogP contribution in [0.4, 0.5) is 0 Å². The van der Waals surface area contributed by atoms with Gasteiger partial charge < -0.3 is 15.0 Å². The molecule has 0 aromatic carbocycles. The van der Waals surface area contributed by atoms with Crippen LogP contribution in [-0.4, -0.2) is 79.8 Å². The Kier molecular flexibility index (Phi) is 78.0. The SMILES string of the molecule is CC(=O)O.CC(=O)O.C[C-]=O.[K].[O]=[Pd]. The fourth-order valence-corrected chi connectivity index (χ4v) is 0. The number of carbonyl (C=O) groups is 2. The predicted octanol–water partition coefficient (Wildman–Crippen LogP) is -0.204. The van der Waals surface area contributed by atoms with Gasteiger partial charge in [0.1, 0.15) is 0 Å². The van der Waals surface area contributed by atoms with Crippen LogP contribution < -0.4 is 0 Å². The predicted molar refractivity (Wildman–Crippen MR) is 44.4 cm³/mol. The van der Waals surface area contributed by atoms with E-state index < -0.39 is 11.9 Å². The summed E-state index contributed by atoms with van der Waals surface area (Å²) >= 11 is 1.50. The van der Waals surface area contributed by atoms with Crippen molar-refractivity contribution in [2.45, 2.75) is 20.8 Å². The summed E-state index contributed by atoms with van der Waals surface area (Å²) in [5.74, 6) is -1.67. The molecule has 0 aliphatic carbocycles. The number of carboxylic acid groups (broad SMARTS) is 2. The monoisotopic (exact) mass is 324 g/mol. The van der Waals surface area contributed by atoms with E-state index in [2.05, 4.69) is 0 Å². The van der Waals surface area contributed by atoms with Gasteiger partial charge in [-0.05, 0) is 0 Å². The first-order valence-corrected chi connectivity index (χ1v) is 3.32. The summed E-state index contributed by atoms with van der Waals surface area (Å²) in [4.78, 5) is 26.7. The molecule has 0 aliphatic rings. The van der Waals surface area contributed by atoms with Crippen molar-refractivity contribution >= 4 is 69.6 Å². The Morgan fingerprint density at radius 2 is 1.07 bits per heavy atom. The molecule has 0 amide bonds. The van der Waals surface area contributed by atoms with Gasteiger partial charge in [0.15, 0.2) is 0 Å². The molecule has 6 nitrogen and oxygen atoms in total. The molecular weight excluding hydrogens is 314 g/mol.